The number of benzene rings is 2. The summed E-state index contributed by atoms with van der Waals surface area (Å²) in [5, 5.41) is 0. The zero-order valence-electron chi connectivity index (χ0n) is 24.3. The van der Waals surface area contributed by atoms with Gasteiger partial charge in [0.05, 0.1) is 0 Å². The number of nitrogens with zero attached hydrogens (tertiary/aromatic N) is 4. The number of hydrogen-bond donors (Lipinski definition) is 0. The molecule has 3 heterocycles. The van der Waals surface area contributed by atoms with Gasteiger partial charge >= 0.3 is 0 Å². The molecular formula is C34H43FN4O2. The maximum Gasteiger partial charge on any atom is 0.224 e. The van der Waals surface area contributed by atoms with E-state index in [1.807, 2.05) is 30.4 Å². The third-order valence-corrected chi connectivity index (χ3v) is 8.83. The van der Waals surface area contributed by atoms with Gasteiger partial charge in [0.25, 0.3) is 0 Å². The van der Waals surface area contributed by atoms with Crippen molar-refractivity contribution in [2.24, 2.45) is 5.41 Å². The number of halogens is 1. The first-order valence-corrected chi connectivity index (χ1v) is 15.1. The number of hydrogen-bond acceptors (Lipinski definition) is 5. The molecule has 218 valence electrons. The summed E-state index contributed by atoms with van der Waals surface area (Å²) >= 11 is 0. The van der Waals surface area contributed by atoms with Crippen LogP contribution in [0.1, 0.15) is 49.7 Å². The van der Waals surface area contributed by atoms with Gasteiger partial charge in [-0.25, -0.2) is 4.39 Å². The highest BCUT2D eigenvalue weighted by Crippen LogP contribution is 2.39. The topological polar surface area (TPSA) is 48.9 Å². The largest absolute Gasteiger partial charge is 0.492 e. The summed E-state index contributed by atoms with van der Waals surface area (Å²) in [5.41, 5.74) is 3.62. The molecule has 0 aliphatic carbocycles. The predicted molar refractivity (Wildman–Crippen MR) is 162 cm³/mol. The highest BCUT2D eigenvalue weighted by Gasteiger charge is 2.37. The normalized spacial score (nSPS) is 18.0. The Hall–Kier alpha value is -3.45. The minimum absolute atomic E-state index is 0.183. The number of carbonyl (C=O) groups excluding carboxylic acids is 1. The second-order valence-electron chi connectivity index (χ2n) is 11.8. The van der Waals surface area contributed by atoms with Gasteiger partial charge in [-0.2, -0.15) is 0 Å². The Bertz CT molecular complexity index is 1250. The van der Waals surface area contributed by atoms with Gasteiger partial charge < -0.3 is 14.5 Å². The lowest BCUT2D eigenvalue weighted by molar-refractivity contribution is -0.133. The van der Waals surface area contributed by atoms with E-state index in [1.54, 1.807) is 12.1 Å². The fraction of sp³-hybridized carbons (Fsp3) is 0.471. The molecule has 1 saturated heterocycles. The summed E-state index contributed by atoms with van der Waals surface area (Å²) in [6.45, 7) is 5.58. The van der Waals surface area contributed by atoms with Crippen LogP contribution >= 0.6 is 0 Å². The number of aromatic nitrogens is 1. The van der Waals surface area contributed by atoms with Crippen molar-refractivity contribution in [3.8, 4) is 5.75 Å². The van der Waals surface area contributed by atoms with E-state index in [-0.39, 0.29) is 17.1 Å². The van der Waals surface area contributed by atoms with Gasteiger partial charge in [0.2, 0.25) is 5.91 Å². The standard InChI is InChI=1S/C34H43FN4O2/c1-37(31-13-11-30(35)12-14-31)20-15-33(40)39-21-17-34(18-22-39)16-5-4-9-29-8-2-3-10-32(29)41-24-23-38(27-34)26-28-7-6-19-36-25-28/h2-3,6-8,10-14,19,25H,4-5,9,15-18,20-24,26-27H2,1H3. The Morgan fingerprint density at radius 2 is 1.80 bits per heavy atom. The molecule has 1 fully saturated rings. The van der Waals surface area contributed by atoms with Crippen LogP contribution in [0.2, 0.25) is 0 Å². The quantitative estimate of drug-likeness (QED) is 0.374. The minimum atomic E-state index is -0.247. The second kappa shape index (κ2) is 13.9. The van der Waals surface area contributed by atoms with Crippen LogP contribution < -0.4 is 9.64 Å². The second-order valence-corrected chi connectivity index (χ2v) is 11.8. The molecule has 0 radical (unpaired) electrons. The van der Waals surface area contributed by atoms with Crippen LogP contribution in [-0.2, 0) is 17.8 Å². The zero-order chi connectivity index (χ0) is 28.5. The van der Waals surface area contributed by atoms with Gasteiger partial charge in [-0.05, 0) is 85.0 Å². The van der Waals surface area contributed by atoms with Gasteiger partial charge in [0, 0.05) is 70.8 Å². The summed E-state index contributed by atoms with van der Waals surface area (Å²) in [4.78, 5) is 24.2. The predicted octanol–water partition coefficient (Wildman–Crippen LogP) is 5.96. The molecule has 0 bridgehead atoms. The Balaban J connectivity index is 1.23. The number of ether oxygens (including phenoxy) is 1. The van der Waals surface area contributed by atoms with Gasteiger partial charge in [-0.3, -0.25) is 14.7 Å². The maximum absolute atomic E-state index is 13.3. The van der Waals surface area contributed by atoms with Crippen molar-refractivity contribution in [2.75, 3.05) is 51.3 Å². The number of rotatable bonds is 6. The first-order valence-electron chi connectivity index (χ1n) is 15.1. The third kappa shape index (κ3) is 8.07. The van der Waals surface area contributed by atoms with Crippen molar-refractivity contribution in [3.05, 3.63) is 90.0 Å². The van der Waals surface area contributed by atoms with Gasteiger partial charge in [0.1, 0.15) is 18.2 Å². The van der Waals surface area contributed by atoms with E-state index in [9.17, 15) is 9.18 Å². The highest BCUT2D eigenvalue weighted by molar-refractivity contribution is 5.77. The third-order valence-electron chi connectivity index (χ3n) is 8.83. The summed E-state index contributed by atoms with van der Waals surface area (Å²) in [5.74, 6) is 0.976. The number of likely N-dealkylation sites (tertiary alicyclic amines) is 1. The van der Waals surface area contributed by atoms with E-state index < -0.39 is 0 Å². The molecule has 0 saturated carbocycles. The van der Waals surface area contributed by atoms with Crippen molar-refractivity contribution < 1.29 is 13.9 Å². The minimum Gasteiger partial charge on any atom is -0.492 e. The fourth-order valence-electron chi connectivity index (χ4n) is 6.35. The van der Waals surface area contributed by atoms with Crippen molar-refractivity contribution in [1.29, 1.82) is 0 Å². The SMILES string of the molecule is CN(CCC(=O)N1CCC2(CCCCc3ccccc3OCCN(Cc3cccnc3)C2)CC1)c1ccc(F)cc1. The molecule has 2 aliphatic heterocycles. The van der Waals surface area contributed by atoms with Crippen LogP contribution in [0.5, 0.6) is 5.75 Å². The molecule has 2 aromatic carbocycles. The number of pyridine rings is 1. The molecule has 2 aliphatic rings. The summed E-state index contributed by atoms with van der Waals surface area (Å²) in [6, 6.07) is 19.1. The van der Waals surface area contributed by atoms with Crippen LogP contribution in [-0.4, -0.2) is 67.1 Å². The van der Waals surface area contributed by atoms with E-state index >= 15 is 0 Å². The number of carbonyl (C=O) groups is 1. The lowest BCUT2D eigenvalue weighted by Crippen LogP contribution is -2.48. The monoisotopic (exact) mass is 558 g/mol. The maximum atomic E-state index is 13.3. The van der Waals surface area contributed by atoms with E-state index in [0.717, 1.165) is 69.8 Å². The van der Waals surface area contributed by atoms with E-state index in [4.69, 9.17) is 4.74 Å². The Kier molecular flexibility index (Phi) is 9.88. The number of para-hydroxylation sites is 1. The van der Waals surface area contributed by atoms with Crippen LogP contribution in [0.25, 0.3) is 0 Å². The van der Waals surface area contributed by atoms with E-state index in [2.05, 4.69) is 45.1 Å². The first kappa shape index (κ1) is 29.1. The van der Waals surface area contributed by atoms with Crippen molar-refractivity contribution in [3.63, 3.8) is 0 Å². The number of piperidine rings is 1. The van der Waals surface area contributed by atoms with E-state index in [1.165, 1.54) is 36.1 Å². The number of anilines is 1. The average Bonchev–Trinajstić information content (AvgIpc) is 2.99. The summed E-state index contributed by atoms with van der Waals surface area (Å²) in [7, 11) is 1.95. The zero-order valence-corrected chi connectivity index (χ0v) is 24.3. The average molecular weight is 559 g/mol. The van der Waals surface area contributed by atoms with Gasteiger partial charge in [-0.1, -0.05) is 30.7 Å². The molecular weight excluding hydrogens is 515 g/mol. The molecule has 3 aromatic rings. The summed E-state index contributed by atoms with van der Waals surface area (Å²) in [6.07, 6.45) is 10.8. The molecule has 0 unspecified atom stereocenters. The fourth-order valence-corrected chi connectivity index (χ4v) is 6.35. The number of aryl methyl sites for hydroxylation is 1. The van der Waals surface area contributed by atoms with Crippen LogP contribution in [0, 0.1) is 11.2 Å². The summed E-state index contributed by atoms with van der Waals surface area (Å²) < 4.78 is 19.6. The van der Waals surface area contributed by atoms with Crippen molar-refractivity contribution >= 4 is 11.6 Å². The molecule has 6 nitrogen and oxygen atoms in total. The molecule has 0 atom stereocenters. The van der Waals surface area contributed by atoms with Crippen LogP contribution in [0.3, 0.4) is 0 Å². The van der Waals surface area contributed by atoms with Crippen LogP contribution in [0.4, 0.5) is 10.1 Å². The smallest absolute Gasteiger partial charge is 0.224 e. The molecule has 1 aromatic heterocycles. The molecule has 1 spiro atoms. The first-order chi connectivity index (χ1) is 20.0. The Morgan fingerprint density at radius 1 is 1.00 bits per heavy atom. The Labute approximate surface area is 244 Å². The molecule has 41 heavy (non-hydrogen) atoms. The molecule has 1 amide bonds. The molecule has 0 N–H and O–H groups in total. The van der Waals surface area contributed by atoms with Crippen molar-refractivity contribution in [2.45, 2.75) is 51.5 Å². The highest BCUT2D eigenvalue weighted by atomic mass is 19.1. The number of fused-ring (bicyclic) bond motifs is 1. The lowest BCUT2D eigenvalue weighted by atomic mass is 9.73. The van der Waals surface area contributed by atoms with E-state index in [0.29, 0.717) is 19.6 Å². The molecule has 5 rings (SSSR count). The van der Waals surface area contributed by atoms with Gasteiger partial charge in [-0.15, -0.1) is 0 Å². The molecule has 7 heteroatoms. The number of amides is 1. The van der Waals surface area contributed by atoms with Crippen molar-refractivity contribution in [1.82, 2.24) is 14.8 Å². The van der Waals surface area contributed by atoms with Crippen LogP contribution in [0.15, 0.2) is 73.1 Å². The Morgan fingerprint density at radius 3 is 2.59 bits per heavy atom. The lowest BCUT2D eigenvalue weighted by Gasteiger charge is -2.45. The van der Waals surface area contributed by atoms with Gasteiger partial charge in [0.15, 0.2) is 0 Å².